The van der Waals surface area contributed by atoms with Crippen molar-refractivity contribution in [2.75, 3.05) is 11.9 Å². The number of halogens is 1. The normalized spacial score (nSPS) is 11.4. The van der Waals surface area contributed by atoms with Crippen molar-refractivity contribution in [3.05, 3.63) is 10.7 Å². The van der Waals surface area contributed by atoms with Crippen LogP contribution in [-0.2, 0) is 11.8 Å². The SMILES string of the molecule is CN(C(=O)OC(C)(C)C)c1cc(Br)n(C)n1. The van der Waals surface area contributed by atoms with E-state index in [2.05, 4.69) is 21.0 Å². The van der Waals surface area contributed by atoms with Gasteiger partial charge in [0.2, 0.25) is 0 Å². The highest BCUT2D eigenvalue weighted by molar-refractivity contribution is 9.10. The first-order valence-corrected chi connectivity index (χ1v) is 5.66. The maximum atomic E-state index is 11.7. The van der Waals surface area contributed by atoms with E-state index in [9.17, 15) is 4.79 Å². The number of hydrogen-bond acceptors (Lipinski definition) is 3. The number of amides is 1. The van der Waals surface area contributed by atoms with Crippen molar-refractivity contribution < 1.29 is 9.53 Å². The van der Waals surface area contributed by atoms with Gasteiger partial charge in [0.25, 0.3) is 0 Å². The molecular weight excluding hydrogens is 274 g/mol. The maximum absolute atomic E-state index is 11.7. The molecule has 0 aliphatic rings. The van der Waals surface area contributed by atoms with E-state index in [1.807, 2.05) is 20.8 Å². The smallest absolute Gasteiger partial charge is 0.415 e. The van der Waals surface area contributed by atoms with Crippen LogP contribution in [0.2, 0.25) is 0 Å². The first-order valence-electron chi connectivity index (χ1n) is 4.87. The molecule has 1 heterocycles. The molecule has 0 saturated heterocycles. The summed E-state index contributed by atoms with van der Waals surface area (Å²) in [5, 5.41) is 4.16. The van der Waals surface area contributed by atoms with Gasteiger partial charge in [0.1, 0.15) is 10.2 Å². The highest BCUT2D eigenvalue weighted by atomic mass is 79.9. The summed E-state index contributed by atoms with van der Waals surface area (Å²) in [5.74, 6) is 0.545. The third kappa shape index (κ3) is 3.23. The van der Waals surface area contributed by atoms with Crippen molar-refractivity contribution in [1.82, 2.24) is 9.78 Å². The molecule has 0 aromatic carbocycles. The van der Waals surface area contributed by atoms with Gasteiger partial charge < -0.3 is 4.74 Å². The molecule has 1 aromatic heterocycles. The predicted molar refractivity (Wildman–Crippen MR) is 65.5 cm³/mol. The Hall–Kier alpha value is -1.04. The van der Waals surface area contributed by atoms with Gasteiger partial charge in [0.15, 0.2) is 5.82 Å². The Labute approximate surface area is 103 Å². The minimum atomic E-state index is -0.503. The first-order chi connectivity index (χ1) is 7.20. The third-order valence-electron chi connectivity index (χ3n) is 1.82. The lowest BCUT2D eigenvalue weighted by Crippen LogP contribution is -2.34. The summed E-state index contributed by atoms with van der Waals surface area (Å²) >= 11 is 3.32. The Balaban J connectivity index is 2.78. The molecule has 1 aromatic rings. The monoisotopic (exact) mass is 289 g/mol. The number of aryl methyl sites for hydroxylation is 1. The standard InChI is InChI=1S/C10H16BrN3O2/c1-10(2,3)16-9(15)13(4)8-6-7(11)14(5)12-8/h6H,1-5H3. The molecule has 0 saturated carbocycles. The van der Waals surface area contributed by atoms with Crippen LogP contribution in [0.5, 0.6) is 0 Å². The van der Waals surface area contributed by atoms with Crippen molar-refractivity contribution >= 4 is 27.8 Å². The van der Waals surface area contributed by atoms with Crippen molar-refractivity contribution in [3.8, 4) is 0 Å². The van der Waals surface area contributed by atoms with Crippen LogP contribution in [0.25, 0.3) is 0 Å². The average molecular weight is 290 g/mol. The van der Waals surface area contributed by atoms with Gasteiger partial charge in [0.05, 0.1) is 0 Å². The molecule has 0 aliphatic carbocycles. The van der Waals surface area contributed by atoms with Gasteiger partial charge in [-0.1, -0.05) is 0 Å². The fourth-order valence-electron chi connectivity index (χ4n) is 1.02. The molecule has 0 atom stereocenters. The second kappa shape index (κ2) is 4.45. The lowest BCUT2D eigenvalue weighted by molar-refractivity contribution is 0.0588. The van der Waals surface area contributed by atoms with Crippen molar-refractivity contribution in [1.29, 1.82) is 0 Å². The lowest BCUT2D eigenvalue weighted by Gasteiger charge is -2.23. The molecule has 0 radical (unpaired) electrons. The Morgan fingerprint density at radius 1 is 1.56 bits per heavy atom. The predicted octanol–water partition coefficient (Wildman–Crippen LogP) is 2.55. The van der Waals surface area contributed by atoms with Crippen LogP contribution in [0.4, 0.5) is 10.6 Å². The summed E-state index contributed by atoms with van der Waals surface area (Å²) in [6.45, 7) is 5.48. The van der Waals surface area contributed by atoms with E-state index in [1.165, 1.54) is 4.90 Å². The van der Waals surface area contributed by atoms with Crippen LogP contribution in [0.15, 0.2) is 10.7 Å². The summed E-state index contributed by atoms with van der Waals surface area (Å²) in [7, 11) is 3.42. The second-order valence-corrected chi connectivity index (χ2v) is 5.30. The molecule has 1 amide bonds. The fourth-order valence-corrected chi connectivity index (χ4v) is 1.30. The third-order valence-corrected chi connectivity index (χ3v) is 2.56. The van der Waals surface area contributed by atoms with Gasteiger partial charge in [0, 0.05) is 20.2 Å². The first kappa shape index (κ1) is 13.0. The van der Waals surface area contributed by atoms with E-state index in [0.717, 1.165) is 4.60 Å². The summed E-state index contributed by atoms with van der Waals surface area (Å²) < 4.78 is 7.66. The zero-order chi connectivity index (χ0) is 12.5. The van der Waals surface area contributed by atoms with Gasteiger partial charge in [-0.2, -0.15) is 5.10 Å². The highest BCUT2D eigenvalue weighted by Crippen LogP contribution is 2.19. The van der Waals surface area contributed by atoms with Crippen LogP contribution in [-0.4, -0.2) is 28.5 Å². The Morgan fingerprint density at radius 3 is 2.50 bits per heavy atom. The van der Waals surface area contributed by atoms with Crippen LogP contribution in [0, 0.1) is 0 Å². The van der Waals surface area contributed by atoms with E-state index in [0.29, 0.717) is 5.82 Å². The van der Waals surface area contributed by atoms with Crippen molar-refractivity contribution in [2.45, 2.75) is 26.4 Å². The molecule has 90 valence electrons. The summed E-state index contributed by atoms with van der Waals surface area (Å²) in [4.78, 5) is 13.1. The molecule has 0 fully saturated rings. The Morgan fingerprint density at radius 2 is 2.12 bits per heavy atom. The number of hydrogen-bond donors (Lipinski definition) is 0. The number of carbonyl (C=O) groups is 1. The molecule has 5 nitrogen and oxygen atoms in total. The van der Waals surface area contributed by atoms with E-state index >= 15 is 0 Å². The fraction of sp³-hybridized carbons (Fsp3) is 0.600. The molecule has 16 heavy (non-hydrogen) atoms. The van der Waals surface area contributed by atoms with Gasteiger partial charge in [-0.15, -0.1) is 0 Å². The number of carbonyl (C=O) groups excluding carboxylic acids is 1. The molecule has 0 N–H and O–H groups in total. The highest BCUT2D eigenvalue weighted by Gasteiger charge is 2.22. The van der Waals surface area contributed by atoms with Crippen LogP contribution in [0.3, 0.4) is 0 Å². The Bertz CT molecular complexity index is 376. The average Bonchev–Trinajstić information content (AvgIpc) is 2.43. The number of anilines is 1. The minimum absolute atomic E-state index is 0.418. The van der Waals surface area contributed by atoms with E-state index in [4.69, 9.17) is 4.74 Å². The largest absolute Gasteiger partial charge is 0.443 e. The molecule has 6 heteroatoms. The summed E-state index contributed by atoms with van der Waals surface area (Å²) in [6, 6.07) is 1.75. The summed E-state index contributed by atoms with van der Waals surface area (Å²) in [6.07, 6.45) is -0.418. The molecular formula is C10H16BrN3O2. The number of rotatable bonds is 1. The second-order valence-electron chi connectivity index (χ2n) is 4.49. The van der Waals surface area contributed by atoms with Crippen LogP contribution in [0.1, 0.15) is 20.8 Å². The lowest BCUT2D eigenvalue weighted by atomic mass is 10.2. The van der Waals surface area contributed by atoms with E-state index in [1.54, 1.807) is 24.8 Å². The molecule has 0 unspecified atom stereocenters. The summed E-state index contributed by atoms with van der Waals surface area (Å²) in [5.41, 5.74) is -0.503. The topological polar surface area (TPSA) is 47.4 Å². The van der Waals surface area contributed by atoms with Gasteiger partial charge in [-0.3, -0.25) is 9.58 Å². The quantitative estimate of drug-likeness (QED) is 0.798. The van der Waals surface area contributed by atoms with E-state index in [-0.39, 0.29) is 0 Å². The van der Waals surface area contributed by atoms with Crippen molar-refractivity contribution in [2.24, 2.45) is 7.05 Å². The number of nitrogens with zero attached hydrogens (tertiary/aromatic N) is 3. The van der Waals surface area contributed by atoms with Crippen molar-refractivity contribution in [3.63, 3.8) is 0 Å². The molecule has 0 aliphatic heterocycles. The zero-order valence-electron chi connectivity index (χ0n) is 10.1. The molecule has 0 bridgehead atoms. The van der Waals surface area contributed by atoms with E-state index < -0.39 is 11.7 Å². The number of ether oxygens (including phenoxy) is 1. The molecule has 1 rings (SSSR count). The minimum Gasteiger partial charge on any atom is -0.443 e. The van der Waals surface area contributed by atoms with Gasteiger partial charge >= 0.3 is 6.09 Å². The van der Waals surface area contributed by atoms with Crippen LogP contribution < -0.4 is 4.90 Å². The van der Waals surface area contributed by atoms with Gasteiger partial charge in [-0.05, 0) is 36.7 Å². The molecule has 0 spiro atoms. The number of aromatic nitrogens is 2. The van der Waals surface area contributed by atoms with Crippen LogP contribution >= 0.6 is 15.9 Å². The maximum Gasteiger partial charge on any atom is 0.415 e. The Kier molecular flexibility index (Phi) is 3.62. The van der Waals surface area contributed by atoms with Gasteiger partial charge in [-0.25, -0.2) is 4.79 Å². The zero-order valence-corrected chi connectivity index (χ0v) is 11.7.